The smallest absolute Gasteiger partial charge is 0.238 e. The highest BCUT2D eigenvalue weighted by Crippen LogP contribution is 2.28. The molecule has 1 aromatic rings. The van der Waals surface area contributed by atoms with Crippen molar-refractivity contribution in [1.82, 2.24) is 5.32 Å². The fourth-order valence-electron chi connectivity index (χ4n) is 2.96. The zero-order chi connectivity index (χ0) is 14.5. The van der Waals surface area contributed by atoms with Gasteiger partial charge in [-0.15, -0.1) is 0 Å². The third-order valence-electron chi connectivity index (χ3n) is 4.06. The van der Waals surface area contributed by atoms with Gasteiger partial charge in [0, 0.05) is 11.7 Å². The van der Waals surface area contributed by atoms with Crippen molar-refractivity contribution in [3.8, 4) is 0 Å². The van der Waals surface area contributed by atoms with Crippen molar-refractivity contribution < 1.29 is 9.18 Å². The lowest BCUT2D eigenvalue weighted by Gasteiger charge is -2.33. The van der Waals surface area contributed by atoms with E-state index >= 15 is 0 Å². The molecule has 0 aliphatic heterocycles. The number of nitrogens with one attached hydrogen (secondary N) is 2. The average Bonchev–Trinajstić information content (AvgIpc) is 2.37. The van der Waals surface area contributed by atoms with Crippen LogP contribution in [0.15, 0.2) is 24.3 Å². The summed E-state index contributed by atoms with van der Waals surface area (Å²) in [6.45, 7) is 4.79. The molecule has 0 aromatic heterocycles. The van der Waals surface area contributed by atoms with Crippen LogP contribution in [0.3, 0.4) is 0 Å². The molecule has 0 saturated heterocycles. The van der Waals surface area contributed by atoms with Gasteiger partial charge in [0.25, 0.3) is 0 Å². The third-order valence-corrected chi connectivity index (χ3v) is 4.06. The number of hydrogen-bond donors (Lipinski definition) is 2. The van der Waals surface area contributed by atoms with E-state index in [4.69, 9.17) is 0 Å². The standard InChI is InChI=1S/C16H23FN2O/c1-11-6-7-15(12(2)8-11)18-10-16(20)19-14-5-3-4-13(17)9-14/h3-5,9,11-12,15,18H,6-8,10H2,1-2H3,(H,19,20). The molecule has 3 nitrogen and oxygen atoms in total. The minimum atomic E-state index is -0.342. The van der Waals surface area contributed by atoms with E-state index in [2.05, 4.69) is 24.5 Å². The van der Waals surface area contributed by atoms with Crippen LogP contribution < -0.4 is 10.6 Å². The van der Waals surface area contributed by atoms with Crippen LogP contribution in [0.4, 0.5) is 10.1 Å². The van der Waals surface area contributed by atoms with E-state index in [1.807, 2.05) is 0 Å². The second-order valence-corrected chi connectivity index (χ2v) is 5.94. The maximum atomic E-state index is 13.0. The summed E-state index contributed by atoms with van der Waals surface area (Å²) in [5.74, 6) is 0.914. The van der Waals surface area contributed by atoms with Crippen molar-refractivity contribution >= 4 is 11.6 Å². The summed E-state index contributed by atoms with van der Waals surface area (Å²) in [7, 11) is 0. The predicted molar refractivity (Wildman–Crippen MR) is 79.0 cm³/mol. The molecule has 3 unspecified atom stereocenters. The molecule has 2 N–H and O–H groups in total. The maximum absolute atomic E-state index is 13.0. The van der Waals surface area contributed by atoms with E-state index in [0.29, 0.717) is 17.6 Å². The SMILES string of the molecule is CC1CCC(NCC(=O)Nc2cccc(F)c2)C(C)C1. The van der Waals surface area contributed by atoms with Crippen molar-refractivity contribution in [3.05, 3.63) is 30.1 Å². The van der Waals surface area contributed by atoms with Crippen molar-refractivity contribution in [2.45, 2.75) is 39.2 Å². The van der Waals surface area contributed by atoms with Crippen LogP contribution in [-0.2, 0) is 4.79 Å². The normalized spacial score (nSPS) is 26.2. The number of carbonyl (C=O) groups is 1. The van der Waals surface area contributed by atoms with Crippen molar-refractivity contribution in [2.75, 3.05) is 11.9 Å². The summed E-state index contributed by atoms with van der Waals surface area (Å²) >= 11 is 0. The molecule has 1 aromatic carbocycles. The first-order chi connectivity index (χ1) is 9.54. The topological polar surface area (TPSA) is 41.1 Å². The number of anilines is 1. The Hall–Kier alpha value is -1.42. The van der Waals surface area contributed by atoms with E-state index < -0.39 is 0 Å². The van der Waals surface area contributed by atoms with Gasteiger partial charge in [-0.3, -0.25) is 4.79 Å². The predicted octanol–water partition coefficient (Wildman–Crippen LogP) is 3.18. The second kappa shape index (κ2) is 6.84. The molecule has 0 bridgehead atoms. The molecule has 3 atom stereocenters. The number of halogens is 1. The molecular weight excluding hydrogens is 255 g/mol. The highest BCUT2D eigenvalue weighted by Gasteiger charge is 2.25. The molecule has 1 aliphatic rings. The Kier molecular flexibility index (Phi) is 5.12. The van der Waals surface area contributed by atoms with Gasteiger partial charge in [-0.1, -0.05) is 19.9 Å². The van der Waals surface area contributed by atoms with Crippen molar-refractivity contribution in [3.63, 3.8) is 0 Å². The first kappa shape index (κ1) is 15.0. The Morgan fingerprint density at radius 3 is 2.85 bits per heavy atom. The fourth-order valence-corrected chi connectivity index (χ4v) is 2.96. The molecule has 1 aliphatic carbocycles. The van der Waals surface area contributed by atoms with Crippen molar-refractivity contribution in [1.29, 1.82) is 0 Å². The summed E-state index contributed by atoms with van der Waals surface area (Å²) in [5, 5.41) is 6.03. The van der Waals surface area contributed by atoms with Gasteiger partial charge in [-0.05, 0) is 49.3 Å². The number of hydrogen-bond acceptors (Lipinski definition) is 2. The summed E-state index contributed by atoms with van der Waals surface area (Å²) in [6.07, 6.45) is 3.55. The molecule has 110 valence electrons. The number of carbonyl (C=O) groups excluding carboxylic acids is 1. The molecule has 0 spiro atoms. The second-order valence-electron chi connectivity index (χ2n) is 5.94. The summed E-state index contributed by atoms with van der Waals surface area (Å²) in [4.78, 5) is 11.8. The molecule has 1 amide bonds. The van der Waals surface area contributed by atoms with Crippen LogP contribution in [-0.4, -0.2) is 18.5 Å². The lowest BCUT2D eigenvalue weighted by Crippen LogP contribution is -2.42. The summed E-state index contributed by atoms with van der Waals surface area (Å²) in [5.41, 5.74) is 0.502. The summed E-state index contributed by atoms with van der Waals surface area (Å²) in [6, 6.07) is 6.36. The summed E-state index contributed by atoms with van der Waals surface area (Å²) < 4.78 is 13.0. The Morgan fingerprint density at radius 1 is 1.35 bits per heavy atom. The Morgan fingerprint density at radius 2 is 2.15 bits per heavy atom. The highest BCUT2D eigenvalue weighted by atomic mass is 19.1. The number of benzene rings is 1. The van der Waals surface area contributed by atoms with Crippen LogP contribution >= 0.6 is 0 Å². The first-order valence-electron chi connectivity index (χ1n) is 7.33. The van der Waals surface area contributed by atoms with Crippen LogP contribution in [0.5, 0.6) is 0 Å². The van der Waals surface area contributed by atoms with Gasteiger partial charge >= 0.3 is 0 Å². The molecule has 4 heteroatoms. The number of rotatable bonds is 4. The molecule has 0 heterocycles. The molecule has 1 fully saturated rings. The monoisotopic (exact) mass is 278 g/mol. The lowest BCUT2D eigenvalue weighted by atomic mass is 9.80. The van der Waals surface area contributed by atoms with Crippen LogP contribution in [0.2, 0.25) is 0 Å². The quantitative estimate of drug-likeness (QED) is 0.888. The number of amides is 1. The van der Waals surface area contributed by atoms with Gasteiger partial charge < -0.3 is 10.6 Å². The van der Waals surface area contributed by atoms with E-state index in [0.717, 1.165) is 12.3 Å². The first-order valence-corrected chi connectivity index (χ1v) is 7.33. The molecular formula is C16H23FN2O. The van der Waals surface area contributed by atoms with Gasteiger partial charge in [0.2, 0.25) is 5.91 Å². The van der Waals surface area contributed by atoms with E-state index in [9.17, 15) is 9.18 Å². The van der Waals surface area contributed by atoms with Gasteiger partial charge in [0.05, 0.1) is 6.54 Å². The van der Waals surface area contributed by atoms with Crippen LogP contribution in [0.25, 0.3) is 0 Å². The largest absolute Gasteiger partial charge is 0.325 e. The fraction of sp³-hybridized carbons (Fsp3) is 0.562. The van der Waals surface area contributed by atoms with E-state index in [1.165, 1.54) is 25.0 Å². The average molecular weight is 278 g/mol. The molecule has 2 rings (SSSR count). The van der Waals surface area contributed by atoms with Crippen molar-refractivity contribution in [2.24, 2.45) is 11.8 Å². The molecule has 20 heavy (non-hydrogen) atoms. The minimum absolute atomic E-state index is 0.124. The Bertz CT molecular complexity index is 464. The zero-order valence-electron chi connectivity index (χ0n) is 12.2. The molecule has 1 saturated carbocycles. The Labute approximate surface area is 120 Å². The lowest BCUT2D eigenvalue weighted by molar-refractivity contribution is -0.115. The maximum Gasteiger partial charge on any atom is 0.238 e. The van der Waals surface area contributed by atoms with Gasteiger partial charge in [-0.25, -0.2) is 4.39 Å². The van der Waals surface area contributed by atoms with Gasteiger partial charge in [0.1, 0.15) is 5.82 Å². The highest BCUT2D eigenvalue weighted by molar-refractivity contribution is 5.92. The van der Waals surface area contributed by atoms with Gasteiger partial charge in [-0.2, -0.15) is 0 Å². The minimum Gasteiger partial charge on any atom is -0.325 e. The van der Waals surface area contributed by atoms with E-state index in [-0.39, 0.29) is 18.3 Å². The van der Waals surface area contributed by atoms with Gasteiger partial charge in [0.15, 0.2) is 0 Å². The molecule has 0 radical (unpaired) electrons. The van der Waals surface area contributed by atoms with E-state index in [1.54, 1.807) is 12.1 Å². The van der Waals surface area contributed by atoms with Crippen LogP contribution in [0.1, 0.15) is 33.1 Å². The van der Waals surface area contributed by atoms with Crippen LogP contribution in [0, 0.1) is 17.7 Å². The zero-order valence-corrected chi connectivity index (χ0v) is 12.2. The Balaban J connectivity index is 1.78. The third kappa shape index (κ3) is 4.30.